The van der Waals surface area contributed by atoms with Crippen molar-refractivity contribution in [1.82, 2.24) is 5.43 Å². The molecular formula is C22H19BrN2O3. The van der Waals surface area contributed by atoms with Crippen LogP contribution in [-0.4, -0.2) is 24.3 Å². The van der Waals surface area contributed by atoms with Crippen LogP contribution >= 0.6 is 15.9 Å². The first-order valence-electron chi connectivity index (χ1n) is 8.56. The Balaban J connectivity index is 1.90. The summed E-state index contributed by atoms with van der Waals surface area (Å²) >= 11 is 3.39. The number of hydrazone groups is 1. The van der Waals surface area contributed by atoms with E-state index in [1.54, 1.807) is 61.7 Å². The monoisotopic (exact) mass is 438 g/mol. The Bertz CT molecular complexity index is 936. The van der Waals surface area contributed by atoms with E-state index in [2.05, 4.69) is 26.5 Å². The first-order valence-corrected chi connectivity index (χ1v) is 9.35. The average molecular weight is 439 g/mol. The highest BCUT2D eigenvalue weighted by Gasteiger charge is 2.39. The van der Waals surface area contributed by atoms with Crippen molar-refractivity contribution in [2.24, 2.45) is 5.10 Å². The van der Waals surface area contributed by atoms with Crippen molar-refractivity contribution in [2.45, 2.75) is 5.60 Å². The molecule has 0 unspecified atom stereocenters. The lowest BCUT2D eigenvalue weighted by Gasteiger charge is -2.27. The van der Waals surface area contributed by atoms with Crippen LogP contribution in [0.15, 0.2) is 88.4 Å². The third-order valence-corrected chi connectivity index (χ3v) is 4.77. The van der Waals surface area contributed by atoms with Crippen LogP contribution in [0.4, 0.5) is 0 Å². The molecule has 3 aromatic carbocycles. The zero-order valence-electron chi connectivity index (χ0n) is 15.2. The fourth-order valence-electron chi connectivity index (χ4n) is 2.84. The Hall–Kier alpha value is -2.96. The van der Waals surface area contributed by atoms with Gasteiger partial charge in [-0.25, -0.2) is 5.43 Å². The van der Waals surface area contributed by atoms with E-state index in [0.717, 1.165) is 4.47 Å². The number of rotatable bonds is 6. The van der Waals surface area contributed by atoms with Crippen molar-refractivity contribution in [3.63, 3.8) is 0 Å². The third-order valence-electron chi connectivity index (χ3n) is 4.27. The van der Waals surface area contributed by atoms with E-state index in [0.29, 0.717) is 22.4 Å². The molecule has 0 aliphatic heterocycles. The molecule has 3 rings (SSSR count). The number of halogens is 1. The Morgan fingerprint density at radius 1 is 1.04 bits per heavy atom. The summed E-state index contributed by atoms with van der Waals surface area (Å²) in [4.78, 5) is 13.0. The lowest BCUT2D eigenvalue weighted by Crippen LogP contribution is -2.43. The predicted molar refractivity (Wildman–Crippen MR) is 112 cm³/mol. The summed E-state index contributed by atoms with van der Waals surface area (Å²) in [6.07, 6.45) is 1.47. The van der Waals surface area contributed by atoms with Crippen LogP contribution in [-0.2, 0) is 10.4 Å². The second-order valence-electron chi connectivity index (χ2n) is 6.03. The summed E-state index contributed by atoms with van der Waals surface area (Å²) in [7, 11) is 1.56. The number of ether oxygens (including phenoxy) is 1. The topological polar surface area (TPSA) is 70.9 Å². The molecule has 6 heteroatoms. The second kappa shape index (κ2) is 8.82. The lowest BCUT2D eigenvalue weighted by molar-refractivity contribution is -0.136. The fraction of sp³-hybridized carbons (Fsp3) is 0.0909. The van der Waals surface area contributed by atoms with Gasteiger partial charge in [0.05, 0.1) is 13.3 Å². The number of nitrogens with zero attached hydrogens (tertiary/aromatic N) is 1. The average Bonchev–Trinajstić information content (AvgIpc) is 2.74. The van der Waals surface area contributed by atoms with E-state index in [-0.39, 0.29) is 0 Å². The van der Waals surface area contributed by atoms with Gasteiger partial charge in [-0.3, -0.25) is 4.79 Å². The number of methoxy groups -OCH3 is 1. The number of amides is 1. The number of benzene rings is 3. The van der Waals surface area contributed by atoms with Crippen LogP contribution in [0.5, 0.6) is 5.75 Å². The Morgan fingerprint density at radius 2 is 1.61 bits per heavy atom. The molecule has 2 N–H and O–H groups in total. The highest BCUT2D eigenvalue weighted by molar-refractivity contribution is 9.10. The molecule has 0 saturated carbocycles. The van der Waals surface area contributed by atoms with Crippen molar-refractivity contribution >= 4 is 28.1 Å². The van der Waals surface area contributed by atoms with Gasteiger partial charge in [0, 0.05) is 10.0 Å². The van der Waals surface area contributed by atoms with Crippen LogP contribution < -0.4 is 10.2 Å². The normalized spacial score (nSPS) is 11.4. The summed E-state index contributed by atoms with van der Waals surface area (Å²) in [5.41, 5.74) is 2.16. The number of hydrogen-bond donors (Lipinski definition) is 2. The minimum atomic E-state index is -1.87. The highest BCUT2D eigenvalue weighted by Crippen LogP contribution is 2.30. The molecule has 0 radical (unpaired) electrons. The zero-order chi connectivity index (χ0) is 20.0. The standard InChI is InChI=1S/C22H19BrN2O3/c1-28-20-13-12-19(23)14-16(20)15-24-25-21(26)22(27,17-8-4-2-5-9-17)18-10-6-3-7-11-18/h2-15,27H,1H3,(H,25,26)/b24-15+. The van der Waals surface area contributed by atoms with E-state index in [1.807, 2.05) is 24.3 Å². The molecule has 0 spiro atoms. The summed E-state index contributed by atoms with van der Waals surface area (Å²) in [5.74, 6) is -0.0438. The van der Waals surface area contributed by atoms with Gasteiger partial charge < -0.3 is 9.84 Å². The first kappa shape index (κ1) is 19.8. The summed E-state index contributed by atoms with van der Waals surface area (Å²) in [6.45, 7) is 0. The molecule has 0 fully saturated rings. The molecule has 142 valence electrons. The Kier molecular flexibility index (Phi) is 6.23. The molecule has 3 aromatic rings. The van der Waals surface area contributed by atoms with E-state index in [4.69, 9.17) is 4.74 Å². The van der Waals surface area contributed by atoms with Gasteiger partial charge in [-0.2, -0.15) is 5.10 Å². The molecule has 0 aromatic heterocycles. The van der Waals surface area contributed by atoms with Crippen LogP contribution in [0.3, 0.4) is 0 Å². The Labute approximate surface area is 171 Å². The van der Waals surface area contributed by atoms with Crippen LogP contribution in [0.25, 0.3) is 0 Å². The minimum Gasteiger partial charge on any atom is -0.496 e. The van der Waals surface area contributed by atoms with Gasteiger partial charge in [0.15, 0.2) is 5.60 Å². The number of hydrogen-bond acceptors (Lipinski definition) is 4. The van der Waals surface area contributed by atoms with Crippen LogP contribution in [0.2, 0.25) is 0 Å². The van der Waals surface area contributed by atoms with Gasteiger partial charge in [-0.05, 0) is 29.3 Å². The fourth-order valence-corrected chi connectivity index (χ4v) is 3.21. The molecule has 0 aliphatic carbocycles. The summed E-state index contributed by atoms with van der Waals surface area (Å²) in [5, 5.41) is 15.4. The van der Waals surface area contributed by atoms with E-state index < -0.39 is 11.5 Å². The van der Waals surface area contributed by atoms with Crippen LogP contribution in [0.1, 0.15) is 16.7 Å². The maximum atomic E-state index is 13.0. The number of aliphatic hydroxyl groups is 1. The second-order valence-corrected chi connectivity index (χ2v) is 6.94. The third kappa shape index (κ3) is 4.13. The van der Waals surface area contributed by atoms with Crippen molar-refractivity contribution in [1.29, 1.82) is 0 Å². The van der Waals surface area contributed by atoms with Crippen molar-refractivity contribution < 1.29 is 14.6 Å². The Morgan fingerprint density at radius 3 is 2.14 bits per heavy atom. The van der Waals surface area contributed by atoms with Crippen molar-refractivity contribution in [3.05, 3.63) is 100 Å². The quantitative estimate of drug-likeness (QED) is 0.453. The molecule has 28 heavy (non-hydrogen) atoms. The first-order chi connectivity index (χ1) is 13.6. The maximum absolute atomic E-state index is 13.0. The van der Waals surface area contributed by atoms with Gasteiger partial charge >= 0.3 is 0 Å². The number of nitrogens with one attached hydrogen (secondary N) is 1. The molecular weight excluding hydrogens is 420 g/mol. The van der Waals surface area contributed by atoms with Crippen molar-refractivity contribution in [2.75, 3.05) is 7.11 Å². The molecule has 0 bridgehead atoms. The molecule has 0 heterocycles. The molecule has 0 atom stereocenters. The van der Waals surface area contributed by atoms with E-state index >= 15 is 0 Å². The predicted octanol–water partition coefficient (Wildman–Crippen LogP) is 3.84. The molecule has 1 amide bonds. The van der Waals surface area contributed by atoms with Crippen molar-refractivity contribution in [3.8, 4) is 5.75 Å². The van der Waals surface area contributed by atoms with Gasteiger partial charge in [0.1, 0.15) is 5.75 Å². The highest BCUT2D eigenvalue weighted by atomic mass is 79.9. The summed E-state index contributed by atoms with van der Waals surface area (Å²) in [6, 6.07) is 23.0. The SMILES string of the molecule is COc1ccc(Br)cc1/C=N/NC(=O)C(O)(c1ccccc1)c1ccccc1. The van der Waals surface area contributed by atoms with Gasteiger partial charge in [0.2, 0.25) is 0 Å². The van der Waals surface area contributed by atoms with E-state index in [9.17, 15) is 9.90 Å². The number of carbonyl (C=O) groups excluding carboxylic acids is 1. The zero-order valence-corrected chi connectivity index (χ0v) is 16.8. The maximum Gasteiger partial charge on any atom is 0.281 e. The molecule has 0 aliphatic rings. The molecule has 5 nitrogen and oxygen atoms in total. The van der Waals surface area contributed by atoms with Gasteiger partial charge in [-0.1, -0.05) is 76.6 Å². The number of carbonyl (C=O) groups is 1. The molecule has 0 saturated heterocycles. The van der Waals surface area contributed by atoms with E-state index in [1.165, 1.54) is 6.21 Å². The van der Waals surface area contributed by atoms with Gasteiger partial charge in [0.25, 0.3) is 5.91 Å². The lowest BCUT2D eigenvalue weighted by atomic mass is 9.85. The largest absolute Gasteiger partial charge is 0.496 e. The smallest absolute Gasteiger partial charge is 0.281 e. The van der Waals surface area contributed by atoms with Gasteiger partial charge in [-0.15, -0.1) is 0 Å². The summed E-state index contributed by atoms with van der Waals surface area (Å²) < 4.78 is 6.14. The van der Waals surface area contributed by atoms with Crippen LogP contribution in [0, 0.1) is 0 Å². The minimum absolute atomic E-state index is 0.453.